The number of hydrogen-bond donors (Lipinski definition) is 2. The number of primary amides is 1. The van der Waals surface area contributed by atoms with Gasteiger partial charge in [0.05, 0.1) is 17.6 Å². The zero-order chi connectivity index (χ0) is 22.7. The number of amides is 2. The smallest absolute Gasteiger partial charge is 0.272 e. The summed E-state index contributed by atoms with van der Waals surface area (Å²) in [5, 5.41) is 8.25. The molecule has 0 spiro atoms. The summed E-state index contributed by atoms with van der Waals surface area (Å²) in [6.07, 6.45) is 1.47. The van der Waals surface area contributed by atoms with Crippen molar-refractivity contribution in [3.8, 4) is 11.6 Å². The first-order chi connectivity index (χ1) is 15.4. The van der Waals surface area contributed by atoms with Crippen LogP contribution in [0.3, 0.4) is 0 Å². The van der Waals surface area contributed by atoms with Crippen molar-refractivity contribution in [3.63, 3.8) is 0 Å². The summed E-state index contributed by atoms with van der Waals surface area (Å²) in [6.45, 7) is 0. The summed E-state index contributed by atoms with van der Waals surface area (Å²) in [4.78, 5) is 28.7. The van der Waals surface area contributed by atoms with Crippen LogP contribution < -0.4 is 20.8 Å². The predicted molar refractivity (Wildman–Crippen MR) is 121 cm³/mol. The zero-order valence-electron chi connectivity index (χ0n) is 16.5. The van der Waals surface area contributed by atoms with Gasteiger partial charge in [-0.05, 0) is 48.5 Å². The third-order valence-electron chi connectivity index (χ3n) is 4.60. The second kappa shape index (κ2) is 9.15. The van der Waals surface area contributed by atoms with Gasteiger partial charge < -0.3 is 15.8 Å². The summed E-state index contributed by atoms with van der Waals surface area (Å²) in [5.74, 6) is -0.594. The van der Waals surface area contributed by atoms with Gasteiger partial charge >= 0.3 is 0 Å². The Balaban J connectivity index is 1.45. The van der Waals surface area contributed by atoms with E-state index >= 15 is 0 Å². The van der Waals surface area contributed by atoms with Crippen LogP contribution in [-0.4, -0.2) is 28.6 Å². The van der Waals surface area contributed by atoms with Crippen molar-refractivity contribution in [1.82, 2.24) is 4.98 Å². The van der Waals surface area contributed by atoms with Crippen LogP contribution >= 0.6 is 15.9 Å². The Kier molecular flexibility index (Phi) is 6.13. The Morgan fingerprint density at radius 1 is 1.16 bits per heavy atom. The quantitative estimate of drug-likeness (QED) is 0.537. The number of carbonyl (C=O) groups excluding carboxylic acids is 2. The molecule has 162 valence electrons. The average Bonchev–Trinajstić information content (AvgIpc) is 3.22. The Labute approximate surface area is 191 Å². The van der Waals surface area contributed by atoms with E-state index in [2.05, 4.69) is 31.3 Å². The SMILES string of the molecule is NC(=O)C1CC(C(=O)Nc2ccc(Oc3cccc(Br)c3)nc2)=NN1c1ccc(F)cc1. The van der Waals surface area contributed by atoms with Crippen LogP contribution in [0.5, 0.6) is 11.6 Å². The van der Waals surface area contributed by atoms with Gasteiger partial charge in [0, 0.05) is 17.0 Å². The molecule has 2 heterocycles. The molecule has 3 aromatic rings. The Bertz CT molecular complexity index is 1180. The fourth-order valence-corrected chi connectivity index (χ4v) is 3.45. The summed E-state index contributed by atoms with van der Waals surface area (Å²) < 4.78 is 19.8. The third kappa shape index (κ3) is 4.92. The maximum atomic E-state index is 13.2. The molecular weight excluding hydrogens is 481 g/mol. The van der Waals surface area contributed by atoms with Crippen LogP contribution in [-0.2, 0) is 9.59 Å². The molecule has 2 aromatic carbocycles. The molecule has 8 nitrogen and oxygen atoms in total. The van der Waals surface area contributed by atoms with Crippen molar-refractivity contribution in [2.45, 2.75) is 12.5 Å². The summed E-state index contributed by atoms with van der Waals surface area (Å²) in [7, 11) is 0. The maximum Gasteiger partial charge on any atom is 0.272 e. The van der Waals surface area contributed by atoms with Gasteiger partial charge in [0.15, 0.2) is 0 Å². The molecule has 0 saturated carbocycles. The number of hydrazone groups is 1. The standard InChI is InChI=1S/C22H17BrFN5O3/c23-13-2-1-3-17(10-13)32-20-9-6-15(12-26-20)27-22(31)18-11-19(21(25)30)29(28-18)16-7-4-14(24)5-8-16/h1-10,12,19H,11H2,(H2,25,30)(H,27,31). The highest BCUT2D eigenvalue weighted by atomic mass is 79.9. The summed E-state index contributed by atoms with van der Waals surface area (Å²) in [5.41, 5.74) is 6.47. The molecule has 1 aliphatic heterocycles. The zero-order valence-corrected chi connectivity index (χ0v) is 18.1. The number of ether oxygens (including phenoxy) is 1. The number of rotatable bonds is 6. The van der Waals surface area contributed by atoms with Crippen LogP contribution in [0.4, 0.5) is 15.8 Å². The van der Waals surface area contributed by atoms with E-state index < -0.39 is 23.7 Å². The van der Waals surface area contributed by atoms with Gasteiger partial charge in [0.1, 0.15) is 23.3 Å². The van der Waals surface area contributed by atoms with E-state index in [9.17, 15) is 14.0 Å². The number of carbonyl (C=O) groups is 2. The Hall–Kier alpha value is -3.79. The van der Waals surface area contributed by atoms with Crippen molar-refractivity contribution in [2.24, 2.45) is 10.8 Å². The molecule has 4 rings (SSSR count). The second-order valence-electron chi connectivity index (χ2n) is 6.89. The molecular formula is C22H17BrFN5O3. The van der Waals surface area contributed by atoms with E-state index in [-0.39, 0.29) is 12.1 Å². The summed E-state index contributed by atoms with van der Waals surface area (Å²) >= 11 is 3.37. The first-order valence-electron chi connectivity index (χ1n) is 9.51. The van der Waals surface area contributed by atoms with Crippen molar-refractivity contribution < 1.29 is 18.7 Å². The fourth-order valence-electron chi connectivity index (χ4n) is 3.07. The van der Waals surface area contributed by atoms with E-state index in [0.29, 0.717) is 23.0 Å². The van der Waals surface area contributed by atoms with Crippen molar-refractivity contribution in [3.05, 3.63) is 77.2 Å². The fraction of sp³-hybridized carbons (Fsp3) is 0.0909. The Morgan fingerprint density at radius 2 is 1.94 bits per heavy atom. The molecule has 0 radical (unpaired) electrons. The predicted octanol–water partition coefficient (Wildman–Crippen LogP) is 3.83. The first-order valence-corrected chi connectivity index (χ1v) is 10.3. The largest absolute Gasteiger partial charge is 0.439 e. The normalized spacial score (nSPS) is 15.2. The lowest BCUT2D eigenvalue weighted by molar-refractivity contribution is -0.119. The lowest BCUT2D eigenvalue weighted by Crippen LogP contribution is -2.39. The molecule has 0 aliphatic carbocycles. The lowest BCUT2D eigenvalue weighted by Gasteiger charge is -2.20. The van der Waals surface area contributed by atoms with Gasteiger partial charge in [-0.25, -0.2) is 9.37 Å². The molecule has 2 amide bonds. The molecule has 0 fully saturated rings. The van der Waals surface area contributed by atoms with E-state index in [0.717, 1.165) is 4.47 Å². The van der Waals surface area contributed by atoms with Crippen molar-refractivity contribution in [1.29, 1.82) is 0 Å². The second-order valence-corrected chi connectivity index (χ2v) is 7.80. The van der Waals surface area contributed by atoms with Crippen LogP contribution in [0.15, 0.2) is 76.4 Å². The lowest BCUT2D eigenvalue weighted by atomic mass is 10.1. The van der Waals surface area contributed by atoms with Crippen molar-refractivity contribution >= 4 is 44.8 Å². The molecule has 1 unspecified atom stereocenters. The number of nitrogens with one attached hydrogen (secondary N) is 1. The minimum atomic E-state index is -0.847. The van der Waals surface area contributed by atoms with E-state index in [4.69, 9.17) is 10.5 Å². The highest BCUT2D eigenvalue weighted by Crippen LogP contribution is 2.26. The molecule has 3 N–H and O–H groups in total. The molecule has 32 heavy (non-hydrogen) atoms. The van der Waals surface area contributed by atoms with Crippen LogP contribution in [0.1, 0.15) is 6.42 Å². The maximum absolute atomic E-state index is 13.2. The van der Waals surface area contributed by atoms with Gasteiger partial charge in [-0.3, -0.25) is 14.6 Å². The molecule has 1 aliphatic rings. The van der Waals surface area contributed by atoms with Gasteiger partial charge in [-0.2, -0.15) is 5.10 Å². The molecule has 0 bridgehead atoms. The Morgan fingerprint density at radius 3 is 2.59 bits per heavy atom. The monoisotopic (exact) mass is 497 g/mol. The highest BCUT2D eigenvalue weighted by molar-refractivity contribution is 9.10. The molecule has 0 saturated heterocycles. The number of nitrogens with two attached hydrogens (primary N) is 1. The van der Waals surface area contributed by atoms with E-state index in [1.165, 1.54) is 35.5 Å². The number of hydrogen-bond acceptors (Lipinski definition) is 6. The summed E-state index contributed by atoms with van der Waals surface area (Å²) in [6, 6.07) is 15.1. The third-order valence-corrected chi connectivity index (χ3v) is 5.10. The first kappa shape index (κ1) is 21.4. The molecule has 1 aromatic heterocycles. The number of halogens is 2. The van der Waals surface area contributed by atoms with Crippen LogP contribution in [0, 0.1) is 5.82 Å². The van der Waals surface area contributed by atoms with Gasteiger partial charge in [-0.1, -0.05) is 22.0 Å². The topological polar surface area (TPSA) is 110 Å². The van der Waals surface area contributed by atoms with E-state index in [1.54, 1.807) is 24.3 Å². The molecule has 10 heteroatoms. The van der Waals surface area contributed by atoms with E-state index in [1.807, 2.05) is 12.1 Å². The van der Waals surface area contributed by atoms with Gasteiger partial charge in [-0.15, -0.1) is 0 Å². The molecule has 1 atom stereocenters. The minimum absolute atomic E-state index is 0.0239. The minimum Gasteiger partial charge on any atom is -0.439 e. The average molecular weight is 498 g/mol. The van der Waals surface area contributed by atoms with Crippen LogP contribution in [0.2, 0.25) is 0 Å². The number of aromatic nitrogens is 1. The van der Waals surface area contributed by atoms with Gasteiger partial charge in [0.25, 0.3) is 5.91 Å². The van der Waals surface area contributed by atoms with Crippen molar-refractivity contribution in [2.75, 3.05) is 10.3 Å². The number of nitrogens with zero attached hydrogens (tertiary/aromatic N) is 3. The van der Waals surface area contributed by atoms with Gasteiger partial charge in [0.2, 0.25) is 11.8 Å². The number of pyridine rings is 1. The number of benzene rings is 2. The van der Waals surface area contributed by atoms with Crippen LogP contribution in [0.25, 0.3) is 0 Å². The number of anilines is 2. The highest BCUT2D eigenvalue weighted by Gasteiger charge is 2.35.